The molecular formula is C81H96F2N4O11. The second kappa shape index (κ2) is 31.0. The Balaban J connectivity index is 0.000000229. The first kappa shape index (κ1) is 73.5. The van der Waals surface area contributed by atoms with Gasteiger partial charge >= 0.3 is 11.9 Å². The van der Waals surface area contributed by atoms with Crippen LogP contribution < -0.4 is 10.6 Å². The molecule has 2 saturated heterocycles. The number of esters is 2. The number of hydrogen-bond donors (Lipinski definition) is 3. The number of benzene rings is 6. The average Bonchev–Trinajstić information content (AvgIpc) is 1.59. The summed E-state index contributed by atoms with van der Waals surface area (Å²) in [6.07, 6.45) is 1.11. The average molecular weight is 1340 g/mol. The molecule has 2 aromatic heterocycles. The van der Waals surface area contributed by atoms with Crippen LogP contribution in [0.3, 0.4) is 0 Å². The Bertz CT molecular complexity index is 3770. The van der Waals surface area contributed by atoms with Crippen LogP contribution in [0.25, 0.3) is 44.8 Å². The molecule has 0 saturated carbocycles. The van der Waals surface area contributed by atoms with Gasteiger partial charge in [-0.3, -0.25) is 19.2 Å². The van der Waals surface area contributed by atoms with Crippen LogP contribution in [0, 0.1) is 18.6 Å². The molecule has 4 atom stereocenters. The van der Waals surface area contributed by atoms with Crippen LogP contribution in [0.2, 0.25) is 0 Å². The standard InChI is InChI=1S/C41H49FN2O5.C40H47FN2O6/c1-26(2)37-36(39(46)43-31-12-10-9-11-13-31)35(28-16-14-27(3)15-17-28)38(29-18-20-30(42)21-19-29)44(37)23-22-32-24-33(48-41(7,8)47-32)25-34(45)49-40(4,5)6;1-25(2)36-35(38(46)42-29-11-9-8-10-12-29)34(26-15-19-30(44)20-16-26)37(27-13-17-28(41)18-14-27)43(36)22-21-31-23-32(48-40(6,7)47-31)24-33(45)49-39(3,4)5/h9-21,26,32-33H,22-25H2,1-8H3,(H,43,46);8-20,25,31-32,44H,21-24H2,1-7H3,(H,42,46)/t32-,33-;31-,32-/m11/s1. The molecule has 3 N–H and O–H groups in total. The fraction of sp³-hybridized carbons (Fsp3) is 0.407. The van der Waals surface area contributed by atoms with Crippen molar-refractivity contribution in [3.63, 3.8) is 0 Å². The van der Waals surface area contributed by atoms with E-state index in [2.05, 4.69) is 33.6 Å². The molecule has 0 spiro atoms. The molecule has 0 unspecified atom stereocenters. The van der Waals surface area contributed by atoms with Gasteiger partial charge in [-0.05, 0) is 208 Å². The normalized spacial score (nSPS) is 17.6. The largest absolute Gasteiger partial charge is 0.508 e. The first-order chi connectivity index (χ1) is 46.2. The number of aromatic nitrogens is 2. The van der Waals surface area contributed by atoms with Gasteiger partial charge in [0.1, 0.15) is 28.6 Å². The number of halogens is 2. The maximum Gasteiger partial charge on any atom is 0.308 e. The maximum absolute atomic E-state index is 14.4. The molecule has 2 aliphatic heterocycles. The summed E-state index contributed by atoms with van der Waals surface area (Å²) in [5, 5.41) is 16.4. The van der Waals surface area contributed by atoms with E-state index in [1.165, 1.54) is 24.3 Å². The minimum absolute atomic E-state index is 0.0399. The Kier molecular flexibility index (Phi) is 23.2. The van der Waals surface area contributed by atoms with Crippen molar-refractivity contribution in [3.8, 4) is 50.5 Å². The first-order valence-corrected chi connectivity index (χ1v) is 34.0. The van der Waals surface area contributed by atoms with E-state index in [4.69, 9.17) is 28.4 Å². The zero-order valence-electron chi connectivity index (χ0n) is 59.3. The predicted octanol–water partition coefficient (Wildman–Crippen LogP) is 18.8. The number of hydrogen-bond acceptors (Lipinski definition) is 11. The van der Waals surface area contributed by atoms with Crippen molar-refractivity contribution in [2.75, 3.05) is 10.6 Å². The van der Waals surface area contributed by atoms with Crippen molar-refractivity contribution in [3.05, 3.63) is 197 Å². The number of carbonyl (C=O) groups excluding carboxylic acids is 4. The van der Waals surface area contributed by atoms with Gasteiger partial charge in [0.25, 0.3) is 11.8 Å². The van der Waals surface area contributed by atoms with Crippen molar-refractivity contribution in [2.24, 2.45) is 0 Å². The SMILES string of the molecule is CC(C)c1c(C(=O)Nc2ccccc2)c(-c2ccc(O)cc2)c(-c2ccc(F)cc2)n1CC[C@@H]1C[C@H](CC(=O)OC(C)(C)C)OC(C)(C)O1.Cc1ccc(-c2c(C(=O)Nc3ccccc3)c(C(C)C)n(CC[C@@H]3C[C@H](CC(=O)OC(C)(C)C)OC(C)(C)O3)c2-c2ccc(F)cc2)cc1. The molecule has 0 radical (unpaired) electrons. The van der Waals surface area contributed by atoms with Gasteiger partial charge in [-0.25, -0.2) is 8.78 Å². The highest BCUT2D eigenvalue weighted by molar-refractivity contribution is 6.13. The lowest BCUT2D eigenvalue weighted by Gasteiger charge is -2.41. The van der Waals surface area contributed by atoms with Gasteiger partial charge in [-0.1, -0.05) is 106 Å². The highest BCUT2D eigenvalue weighted by Gasteiger charge is 2.41. The molecule has 17 heteroatoms. The van der Waals surface area contributed by atoms with Crippen molar-refractivity contribution >= 4 is 35.1 Å². The van der Waals surface area contributed by atoms with Crippen molar-refractivity contribution in [1.29, 1.82) is 0 Å². The van der Waals surface area contributed by atoms with Crippen molar-refractivity contribution < 1.29 is 61.5 Å². The van der Waals surface area contributed by atoms with Crippen LogP contribution in [0.5, 0.6) is 5.75 Å². The summed E-state index contributed by atoms with van der Waals surface area (Å²) in [7, 11) is 0. The number of phenols is 1. The van der Waals surface area contributed by atoms with E-state index in [0.29, 0.717) is 66.8 Å². The number of anilines is 2. The van der Waals surface area contributed by atoms with Crippen LogP contribution >= 0.6 is 0 Å². The molecule has 0 aliphatic carbocycles. The van der Waals surface area contributed by atoms with Gasteiger partial charge in [0.15, 0.2) is 11.6 Å². The van der Waals surface area contributed by atoms with Crippen molar-refractivity contribution in [1.82, 2.24) is 9.13 Å². The summed E-state index contributed by atoms with van der Waals surface area (Å²) < 4.78 is 69.2. The van der Waals surface area contributed by atoms with E-state index in [9.17, 15) is 33.1 Å². The molecule has 98 heavy (non-hydrogen) atoms. The molecule has 6 aromatic carbocycles. The first-order valence-electron chi connectivity index (χ1n) is 34.0. The summed E-state index contributed by atoms with van der Waals surface area (Å²) in [5.41, 5.74) is 10.3. The van der Waals surface area contributed by atoms with E-state index in [1.54, 1.807) is 48.5 Å². The summed E-state index contributed by atoms with van der Waals surface area (Å²) >= 11 is 0. The van der Waals surface area contributed by atoms with Gasteiger partial charge < -0.3 is 53.3 Å². The van der Waals surface area contributed by atoms with E-state index in [-0.39, 0.29) is 84.1 Å². The summed E-state index contributed by atoms with van der Waals surface area (Å²) in [6.45, 7) is 29.8. The minimum Gasteiger partial charge on any atom is -0.508 e. The number of nitrogens with zero attached hydrogens (tertiary/aromatic N) is 2. The summed E-state index contributed by atoms with van der Waals surface area (Å²) in [5.74, 6) is -3.68. The predicted molar refractivity (Wildman–Crippen MR) is 381 cm³/mol. The second-order valence-corrected chi connectivity index (χ2v) is 29.0. The van der Waals surface area contributed by atoms with E-state index < -0.39 is 28.9 Å². The molecule has 520 valence electrons. The number of carbonyl (C=O) groups is 4. The van der Waals surface area contributed by atoms with E-state index in [1.807, 2.05) is 175 Å². The van der Waals surface area contributed by atoms with Crippen LogP contribution in [-0.2, 0) is 51.1 Å². The van der Waals surface area contributed by atoms with Gasteiger partial charge in [-0.15, -0.1) is 0 Å². The molecule has 2 aliphatic rings. The number of nitrogens with one attached hydrogen (secondary N) is 2. The third-order valence-electron chi connectivity index (χ3n) is 16.8. The molecule has 8 aromatic rings. The summed E-state index contributed by atoms with van der Waals surface area (Å²) in [6, 6.07) is 46.4. The Labute approximate surface area is 576 Å². The number of amides is 2. The quantitative estimate of drug-likeness (QED) is 0.0619. The topological polar surface area (TPSA) is 178 Å². The van der Waals surface area contributed by atoms with Crippen LogP contribution in [0.15, 0.2) is 158 Å². The lowest BCUT2D eigenvalue weighted by atomic mass is 9.94. The molecule has 0 bridgehead atoms. The van der Waals surface area contributed by atoms with Gasteiger partial charge in [0, 0.05) is 59.8 Å². The number of rotatable bonds is 20. The highest BCUT2D eigenvalue weighted by Crippen LogP contribution is 2.46. The lowest BCUT2D eigenvalue weighted by Crippen LogP contribution is -2.46. The van der Waals surface area contributed by atoms with Crippen LogP contribution in [0.1, 0.15) is 185 Å². The zero-order valence-corrected chi connectivity index (χ0v) is 59.3. The Morgan fingerprint density at radius 2 is 0.827 bits per heavy atom. The fourth-order valence-corrected chi connectivity index (χ4v) is 13.3. The Morgan fingerprint density at radius 3 is 1.16 bits per heavy atom. The molecule has 10 rings (SSSR count). The zero-order chi connectivity index (χ0) is 71.0. The molecule has 4 heterocycles. The second-order valence-electron chi connectivity index (χ2n) is 29.0. The van der Waals surface area contributed by atoms with Gasteiger partial charge in [-0.2, -0.15) is 0 Å². The van der Waals surface area contributed by atoms with Gasteiger partial charge in [0.05, 0.1) is 59.8 Å². The van der Waals surface area contributed by atoms with Gasteiger partial charge in [0.2, 0.25) is 0 Å². The van der Waals surface area contributed by atoms with E-state index >= 15 is 0 Å². The minimum atomic E-state index is -0.926. The monoisotopic (exact) mass is 1340 g/mol. The number of aryl methyl sites for hydroxylation is 1. The maximum atomic E-state index is 14.4. The van der Waals surface area contributed by atoms with Crippen molar-refractivity contribution in [2.45, 2.75) is 214 Å². The number of ether oxygens (including phenoxy) is 6. The molecule has 2 fully saturated rings. The Morgan fingerprint density at radius 1 is 0.500 bits per heavy atom. The van der Waals surface area contributed by atoms with Crippen LogP contribution in [-0.4, -0.2) is 85.2 Å². The highest BCUT2D eigenvalue weighted by atomic mass is 19.1. The lowest BCUT2D eigenvalue weighted by molar-refractivity contribution is -0.301. The third-order valence-corrected chi connectivity index (χ3v) is 16.8. The smallest absolute Gasteiger partial charge is 0.308 e. The molecular weight excluding hydrogens is 1240 g/mol. The van der Waals surface area contributed by atoms with E-state index in [0.717, 1.165) is 56.2 Å². The molecule has 15 nitrogen and oxygen atoms in total. The molecule has 2 amide bonds. The van der Waals surface area contributed by atoms with Crippen LogP contribution in [0.4, 0.5) is 20.2 Å². The number of phenolic OH excluding ortho intramolecular Hbond substituents is 1. The summed E-state index contributed by atoms with van der Waals surface area (Å²) in [4.78, 5) is 54.3. The number of aromatic hydroxyl groups is 1. The third kappa shape index (κ3) is 19.3. The Hall–Kier alpha value is -8.74. The number of para-hydroxylation sites is 2. The fourth-order valence-electron chi connectivity index (χ4n) is 13.3.